The summed E-state index contributed by atoms with van der Waals surface area (Å²) in [6.07, 6.45) is 9.25. The van der Waals surface area contributed by atoms with Crippen LogP contribution in [-0.2, 0) is 0 Å². The molecule has 1 fully saturated rings. The second kappa shape index (κ2) is 6.39. The molecule has 1 aliphatic carbocycles. The summed E-state index contributed by atoms with van der Waals surface area (Å²) in [5.41, 5.74) is 0. The minimum absolute atomic E-state index is 0.139. The van der Waals surface area contributed by atoms with Gasteiger partial charge in [-0.3, -0.25) is 5.32 Å². The van der Waals surface area contributed by atoms with E-state index in [1.807, 2.05) is 0 Å². The van der Waals surface area contributed by atoms with E-state index in [1.165, 1.54) is 44.9 Å². The molecular formula is C11H23NO. The summed E-state index contributed by atoms with van der Waals surface area (Å²) in [7, 11) is 0. The summed E-state index contributed by atoms with van der Waals surface area (Å²) in [5, 5.41) is 11.9. The van der Waals surface area contributed by atoms with Crippen LogP contribution in [0, 0.1) is 5.92 Å². The number of aliphatic hydroxyl groups is 1. The molecule has 78 valence electrons. The van der Waals surface area contributed by atoms with Crippen molar-refractivity contribution < 1.29 is 5.11 Å². The minimum atomic E-state index is 0.139. The Labute approximate surface area is 81.7 Å². The molecule has 2 atom stereocenters. The summed E-state index contributed by atoms with van der Waals surface area (Å²) in [6, 6.07) is 0.565. The lowest BCUT2D eigenvalue weighted by Gasteiger charge is -2.15. The smallest absolute Gasteiger partial charge is 0.0933 e. The normalized spacial score (nSPS) is 31.8. The van der Waals surface area contributed by atoms with Crippen LogP contribution in [0.5, 0.6) is 0 Å². The molecule has 2 heteroatoms. The highest BCUT2D eigenvalue weighted by Gasteiger charge is 2.11. The van der Waals surface area contributed by atoms with Crippen LogP contribution < -0.4 is 5.32 Å². The van der Waals surface area contributed by atoms with Crippen LogP contribution in [0.15, 0.2) is 0 Å². The number of aliphatic hydroxyl groups excluding tert-OH is 1. The monoisotopic (exact) mass is 185 g/mol. The molecule has 0 radical (unpaired) electrons. The van der Waals surface area contributed by atoms with Crippen molar-refractivity contribution in [2.24, 2.45) is 5.92 Å². The predicted octanol–water partition coefficient (Wildman–Crippen LogP) is 2.27. The number of hydrogen-bond donors (Lipinski definition) is 2. The van der Waals surface area contributed by atoms with E-state index in [0.717, 1.165) is 5.92 Å². The third kappa shape index (κ3) is 4.63. The Kier molecular flexibility index (Phi) is 5.40. The van der Waals surface area contributed by atoms with Crippen LogP contribution in [0.3, 0.4) is 0 Å². The molecule has 2 nitrogen and oxygen atoms in total. The highest BCUT2D eigenvalue weighted by Crippen LogP contribution is 2.21. The van der Waals surface area contributed by atoms with Crippen molar-refractivity contribution in [1.29, 1.82) is 0 Å². The first-order chi connectivity index (χ1) is 6.33. The fourth-order valence-corrected chi connectivity index (χ4v) is 2.22. The van der Waals surface area contributed by atoms with Gasteiger partial charge in [0.25, 0.3) is 0 Å². The van der Waals surface area contributed by atoms with Crippen LogP contribution >= 0.6 is 0 Å². The van der Waals surface area contributed by atoms with Gasteiger partial charge < -0.3 is 5.11 Å². The molecule has 0 bridgehead atoms. The Morgan fingerprint density at radius 1 is 1.08 bits per heavy atom. The van der Waals surface area contributed by atoms with Gasteiger partial charge in [-0.1, -0.05) is 39.0 Å². The zero-order valence-corrected chi connectivity index (χ0v) is 8.76. The standard InChI is InChI=1S/C11H23NO/c1-10-5-2-3-7-11(12-9-13)8-4-6-10/h10-13H,2-9H2,1H3. The maximum Gasteiger partial charge on any atom is 0.0933 e. The molecule has 0 amide bonds. The topological polar surface area (TPSA) is 32.3 Å². The fraction of sp³-hybridized carbons (Fsp3) is 1.00. The lowest BCUT2D eigenvalue weighted by atomic mass is 9.99. The van der Waals surface area contributed by atoms with Crippen LogP contribution in [0.25, 0.3) is 0 Å². The third-order valence-electron chi connectivity index (χ3n) is 3.13. The summed E-state index contributed by atoms with van der Waals surface area (Å²) in [5.74, 6) is 0.910. The molecule has 0 aromatic rings. The van der Waals surface area contributed by atoms with Gasteiger partial charge in [-0.05, 0) is 18.8 Å². The van der Waals surface area contributed by atoms with E-state index in [2.05, 4.69) is 12.2 Å². The Hall–Kier alpha value is -0.0800. The quantitative estimate of drug-likeness (QED) is 0.647. The van der Waals surface area contributed by atoms with E-state index in [1.54, 1.807) is 0 Å². The zero-order valence-electron chi connectivity index (χ0n) is 8.76. The van der Waals surface area contributed by atoms with E-state index < -0.39 is 0 Å². The van der Waals surface area contributed by atoms with E-state index in [4.69, 9.17) is 5.11 Å². The summed E-state index contributed by atoms with van der Waals surface area (Å²) >= 11 is 0. The average Bonchev–Trinajstić information content (AvgIpc) is 2.20. The fourth-order valence-electron chi connectivity index (χ4n) is 2.22. The zero-order chi connectivity index (χ0) is 9.52. The molecule has 0 aromatic heterocycles. The summed E-state index contributed by atoms with van der Waals surface area (Å²) in [4.78, 5) is 0. The largest absolute Gasteiger partial charge is 0.381 e. The van der Waals surface area contributed by atoms with Crippen molar-refractivity contribution >= 4 is 0 Å². The van der Waals surface area contributed by atoms with Gasteiger partial charge in [0.05, 0.1) is 6.73 Å². The van der Waals surface area contributed by atoms with Crippen molar-refractivity contribution in [3.05, 3.63) is 0 Å². The Morgan fingerprint density at radius 3 is 2.46 bits per heavy atom. The minimum Gasteiger partial charge on any atom is -0.381 e. The second-order valence-electron chi connectivity index (χ2n) is 4.38. The van der Waals surface area contributed by atoms with Crippen molar-refractivity contribution in [1.82, 2.24) is 5.32 Å². The van der Waals surface area contributed by atoms with Crippen molar-refractivity contribution in [3.63, 3.8) is 0 Å². The van der Waals surface area contributed by atoms with Crippen molar-refractivity contribution in [3.8, 4) is 0 Å². The van der Waals surface area contributed by atoms with Gasteiger partial charge in [-0.15, -0.1) is 0 Å². The molecule has 2 unspecified atom stereocenters. The Balaban J connectivity index is 2.25. The predicted molar refractivity (Wildman–Crippen MR) is 55.5 cm³/mol. The Bertz CT molecular complexity index is 127. The molecule has 1 aliphatic rings. The molecule has 13 heavy (non-hydrogen) atoms. The molecular weight excluding hydrogens is 162 g/mol. The third-order valence-corrected chi connectivity index (χ3v) is 3.13. The van der Waals surface area contributed by atoms with E-state index in [-0.39, 0.29) is 6.73 Å². The molecule has 0 aromatic carbocycles. The molecule has 1 saturated carbocycles. The van der Waals surface area contributed by atoms with Crippen LogP contribution in [-0.4, -0.2) is 17.9 Å². The summed E-state index contributed by atoms with van der Waals surface area (Å²) in [6.45, 7) is 2.50. The molecule has 0 saturated heterocycles. The van der Waals surface area contributed by atoms with Gasteiger partial charge in [0.15, 0.2) is 0 Å². The van der Waals surface area contributed by atoms with Gasteiger partial charge >= 0.3 is 0 Å². The van der Waals surface area contributed by atoms with E-state index in [9.17, 15) is 0 Å². The molecule has 2 N–H and O–H groups in total. The van der Waals surface area contributed by atoms with E-state index in [0.29, 0.717) is 6.04 Å². The first kappa shape index (κ1) is 11.0. The SMILES string of the molecule is CC1CCCCC(NCO)CCC1. The van der Waals surface area contributed by atoms with Gasteiger partial charge in [0.1, 0.15) is 0 Å². The lowest BCUT2D eigenvalue weighted by molar-refractivity contribution is 0.230. The van der Waals surface area contributed by atoms with Gasteiger partial charge in [-0.25, -0.2) is 0 Å². The molecule has 0 spiro atoms. The van der Waals surface area contributed by atoms with Crippen LogP contribution in [0.2, 0.25) is 0 Å². The number of rotatable bonds is 2. The number of hydrogen-bond acceptors (Lipinski definition) is 2. The van der Waals surface area contributed by atoms with Crippen LogP contribution in [0.4, 0.5) is 0 Å². The molecule has 0 heterocycles. The van der Waals surface area contributed by atoms with Gasteiger partial charge in [0, 0.05) is 6.04 Å². The Morgan fingerprint density at radius 2 is 1.69 bits per heavy atom. The first-order valence-electron chi connectivity index (χ1n) is 5.67. The van der Waals surface area contributed by atoms with Gasteiger partial charge in [-0.2, -0.15) is 0 Å². The molecule has 0 aliphatic heterocycles. The maximum absolute atomic E-state index is 8.79. The van der Waals surface area contributed by atoms with E-state index >= 15 is 0 Å². The highest BCUT2D eigenvalue weighted by molar-refractivity contribution is 4.69. The summed E-state index contributed by atoms with van der Waals surface area (Å²) < 4.78 is 0. The maximum atomic E-state index is 8.79. The first-order valence-corrected chi connectivity index (χ1v) is 5.67. The van der Waals surface area contributed by atoms with Crippen LogP contribution in [0.1, 0.15) is 51.9 Å². The molecule has 1 rings (SSSR count). The van der Waals surface area contributed by atoms with Crippen molar-refractivity contribution in [2.45, 2.75) is 57.9 Å². The van der Waals surface area contributed by atoms with Crippen molar-refractivity contribution in [2.75, 3.05) is 6.73 Å². The van der Waals surface area contributed by atoms with Gasteiger partial charge in [0.2, 0.25) is 0 Å². The average molecular weight is 185 g/mol. The number of nitrogens with one attached hydrogen (secondary N) is 1. The lowest BCUT2D eigenvalue weighted by Crippen LogP contribution is -2.29. The second-order valence-corrected chi connectivity index (χ2v) is 4.38. The highest BCUT2D eigenvalue weighted by atomic mass is 16.3.